The third kappa shape index (κ3) is 11.5. The van der Waals surface area contributed by atoms with Crippen molar-refractivity contribution in [1.29, 1.82) is 0 Å². The summed E-state index contributed by atoms with van der Waals surface area (Å²) in [6.07, 6.45) is 10.7. The average molecular weight is 900 g/mol. The molecule has 4 atom stereocenters. The highest BCUT2D eigenvalue weighted by Gasteiger charge is 2.43. The summed E-state index contributed by atoms with van der Waals surface area (Å²) in [6, 6.07) is 21.2. The van der Waals surface area contributed by atoms with Crippen molar-refractivity contribution in [2.75, 3.05) is 50.9 Å². The number of nitrogen functional groups attached to an aromatic ring is 1. The fourth-order valence-corrected chi connectivity index (χ4v) is 9.62. The molecule has 8 rings (SSSR count). The molecule has 0 saturated carbocycles. The molecule has 63 heavy (non-hydrogen) atoms. The Balaban J connectivity index is 0.000000191. The molecule has 4 aliphatic rings. The number of rotatable bonds is 11. The monoisotopic (exact) mass is 898 g/mol. The zero-order valence-electron chi connectivity index (χ0n) is 35.8. The molecule has 4 unspecified atom stereocenters. The van der Waals surface area contributed by atoms with Crippen molar-refractivity contribution in [3.63, 3.8) is 0 Å². The van der Waals surface area contributed by atoms with Gasteiger partial charge in [0.25, 0.3) is 0 Å². The average Bonchev–Trinajstić information content (AvgIpc) is 3.68. The van der Waals surface area contributed by atoms with Gasteiger partial charge in [0.15, 0.2) is 0 Å². The van der Waals surface area contributed by atoms with Gasteiger partial charge < -0.3 is 25.6 Å². The second kappa shape index (κ2) is 20.6. The van der Waals surface area contributed by atoms with Crippen LogP contribution >= 0.6 is 23.2 Å². The highest BCUT2D eigenvalue weighted by molar-refractivity contribution is 6.32. The minimum atomic E-state index is -0.293. The number of anilines is 2. The molecule has 4 fully saturated rings. The molecule has 4 heterocycles. The lowest BCUT2D eigenvalue weighted by Crippen LogP contribution is -2.55. The van der Waals surface area contributed by atoms with Crippen LogP contribution in [0.1, 0.15) is 59.1 Å². The molecule has 0 aromatic heterocycles. The number of nitrogens with two attached hydrogens (primary N) is 1. The first kappa shape index (κ1) is 45.9. The van der Waals surface area contributed by atoms with E-state index < -0.39 is 0 Å². The van der Waals surface area contributed by atoms with Gasteiger partial charge in [0, 0.05) is 104 Å². The normalized spacial score (nSPS) is 20.9. The van der Waals surface area contributed by atoms with Crippen LogP contribution in [0.4, 0.5) is 20.2 Å². The Morgan fingerprint density at radius 1 is 0.683 bits per heavy atom. The van der Waals surface area contributed by atoms with E-state index in [4.69, 9.17) is 33.7 Å². The number of ether oxygens (including phenoxy) is 1. The number of piperazine rings is 2. The van der Waals surface area contributed by atoms with Gasteiger partial charge >= 0.3 is 0 Å². The number of halogens is 4. The third-order valence-corrected chi connectivity index (χ3v) is 13.1. The van der Waals surface area contributed by atoms with E-state index in [9.17, 15) is 23.2 Å². The number of aryl methyl sites for hydroxylation is 2. The quantitative estimate of drug-likeness (QED) is 0.115. The van der Waals surface area contributed by atoms with E-state index in [0.29, 0.717) is 27.0 Å². The van der Waals surface area contributed by atoms with E-state index in [1.807, 2.05) is 60.0 Å². The van der Waals surface area contributed by atoms with E-state index in [-0.39, 0.29) is 60.1 Å². The second-order valence-corrected chi connectivity index (χ2v) is 17.8. The zero-order valence-corrected chi connectivity index (χ0v) is 37.3. The Morgan fingerprint density at radius 3 is 1.54 bits per heavy atom. The lowest BCUT2D eigenvalue weighted by Gasteiger charge is -2.40. The Morgan fingerprint density at radius 2 is 1.10 bits per heavy atom. The molecule has 0 spiro atoms. The van der Waals surface area contributed by atoms with Crippen LogP contribution in [0.25, 0.3) is 12.2 Å². The smallest absolute Gasteiger partial charge is 0.250 e. The van der Waals surface area contributed by atoms with E-state index in [1.54, 1.807) is 36.4 Å². The number of carbonyl (C=O) groups is 3. The van der Waals surface area contributed by atoms with Crippen molar-refractivity contribution in [1.82, 2.24) is 19.6 Å². The van der Waals surface area contributed by atoms with Gasteiger partial charge in [-0.25, -0.2) is 8.78 Å². The van der Waals surface area contributed by atoms with Gasteiger partial charge in [0.2, 0.25) is 17.7 Å². The Bertz CT molecular complexity index is 2330. The molecule has 4 bridgehead atoms. The summed E-state index contributed by atoms with van der Waals surface area (Å²) in [5.41, 5.74) is 12.6. The molecule has 4 aliphatic heterocycles. The molecule has 3 amide bonds. The molecule has 0 radical (unpaired) electrons. The molecular formula is C49H54Cl2F2N6O4. The van der Waals surface area contributed by atoms with E-state index in [1.165, 1.54) is 31.4 Å². The fourth-order valence-electron chi connectivity index (χ4n) is 9.28. The first-order chi connectivity index (χ1) is 30.2. The zero-order chi connectivity index (χ0) is 44.8. The van der Waals surface area contributed by atoms with Crippen LogP contribution in [0, 0.1) is 25.5 Å². The largest absolute Gasteiger partial charge is 0.398 e. The molecule has 10 nitrogen and oxygen atoms in total. The van der Waals surface area contributed by atoms with Crippen LogP contribution in [-0.2, 0) is 32.2 Å². The van der Waals surface area contributed by atoms with Gasteiger partial charge in [0.1, 0.15) is 18.2 Å². The van der Waals surface area contributed by atoms with Crippen molar-refractivity contribution in [3.8, 4) is 0 Å². The maximum absolute atomic E-state index is 13.2. The first-order valence-corrected chi connectivity index (χ1v) is 22.1. The number of fused-ring (bicyclic) bond motifs is 4. The van der Waals surface area contributed by atoms with Crippen LogP contribution < -0.4 is 11.1 Å². The number of hydrogen-bond acceptors (Lipinski definition) is 7. The minimum Gasteiger partial charge on any atom is -0.398 e. The second-order valence-electron chi connectivity index (χ2n) is 17.0. The fraction of sp³-hybridized carbons (Fsp3) is 0.367. The van der Waals surface area contributed by atoms with Gasteiger partial charge in [-0.15, -0.1) is 0 Å². The number of methoxy groups -OCH3 is 1. The molecular weight excluding hydrogens is 845 g/mol. The van der Waals surface area contributed by atoms with Crippen LogP contribution in [0.5, 0.6) is 0 Å². The predicted molar refractivity (Wildman–Crippen MR) is 246 cm³/mol. The number of nitrogens with zero attached hydrogens (tertiary/aromatic N) is 4. The summed E-state index contributed by atoms with van der Waals surface area (Å²) < 4.78 is 31.2. The molecule has 4 aromatic rings. The first-order valence-electron chi connectivity index (χ1n) is 21.3. The number of likely N-dealkylation sites (tertiary alicyclic amines) is 2. The van der Waals surface area contributed by atoms with Crippen molar-refractivity contribution in [3.05, 3.63) is 140 Å². The summed E-state index contributed by atoms with van der Waals surface area (Å²) >= 11 is 12.3. The lowest BCUT2D eigenvalue weighted by atomic mass is 10.1. The number of benzene rings is 4. The van der Waals surface area contributed by atoms with E-state index >= 15 is 0 Å². The summed E-state index contributed by atoms with van der Waals surface area (Å²) in [5, 5.41) is 3.95. The van der Waals surface area contributed by atoms with Crippen LogP contribution in [0.15, 0.2) is 84.9 Å². The Kier molecular flexibility index (Phi) is 15.0. The Labute approximate surface area is 378 Å². The highest BCUT2D eigenvalue weighted by Crippen LogP contribution is 2.34. The van der Waals surface area contributed by atoms with Crippen molar-refractivity contribution >= 4 is 64.5 Å². The van der Waals surface area contributed by atoms with Crippen LogP contribution in [0.2, 0.25) is 10.0 Å². The minimum absolute atomic E-state index is 0.0318. The molecule has 4 aromatic carbocycles. The van der Waals surface area contributed by atoms with E-state index in [0.717, 1.165) is 92.8 Å². The van der Waals surface area contributed by atoms with Gasteiger partial charge in [-0.1, -0.05) is 47.5 Å². The number of nitrogens with one attached hydrogen (secondary N) is 1. The topological polar surface area (TPSA) is 111 Å². The van der Waals surface area contributed by atoms with Gasteiger partial charge in [0.05, 0.1) is 0 Å². The van der Waals surface area contributed by atoms with Crippen molar-refractivity contribution in [2.24, 2.45) is 0 Å². The summed E-state index contributed by atoms with van der Waals surface area (Å²) in [5.74, 6) is -0.740. The molecule has 14 heteroatoms. The van der Waals surface area contributed by atoms with Crippen molar-refractivity contribution < 1.29 is 27.9 Å². The highest BCUT2D eigenvalue weighted by atomic mass is 35.5. The number of carbonyl (C=O) groups excluding carboxylic acids is 3. The van der Waals surface area contributed by atoms with Crippen LogP contribution in [0.3, 0.4) is 0 Å². The summed E-state index contributed by atoms with van der Waals surface area (Å²) in [6.45, 7) is 8.54. The lowest BCUT2D eigenvalue weighted by molar-refractivity contribution is -0.132. The van der Waals surface area contributed by atoms with Gasteiger partial charge in [-0.3, -0.25) is 24.2 Å². The Hall–Kier alpha value is -5.11. The summed E-state index contributed by atoms with van der Waals surface area (Å²) in [7, 11) is 1.45. The van der Waals surface area contributed by atoms with Crippen LogP contribution in [-0.4, -0.2) is 101 Å². The standard InChI is InChI=1S/C26H29ClFN3O3.C23H25ClFN3O/c1-17-11-19(24(12-23(17)27)29-25(32)16-34-2)5-10-26(33)31-21-8-9-22(31)15-30(14-21)13-18-3-6-20(28)7-4-18;1-15-10-17(22(26)11-21(15)24)4-9-23(29)28-19-7-8-20(28)14-27(13-19)12-16-2-5-18(25)6-3-16/h3-7,10-12,21-22H,8-9,13-16H2,1-2H3,(H,29,32);2-6,9-11,19-20H,7-8,12-14,26H2,1H3/b10-5+;9-4+. The number of hydrogen-bond donors (Lipinski definition) is 2. The molecule has 3 N–H and O–H groups in total. The molecule has 0 aliphatic carbocycles. The predicted octanol–water partition coefficient (Wildman–Crippen LogP) is 8.52. The SMILES string of the molecule is COCC(=O)Nc1cc(Cl)c(C)cc1/C=C/C(=O)N1C2CCC1CN(Cc1ccc(F)cc1)C2.Cc1cc(/C=C/C(=O)N2C3CCC2CN(Cc2ccc(F)cc2)C3)c(N)cc1Cl. The maximum atomic E-state index is 13.2. The van der Waals surface area contributed by atoms with Crippen molar-refractivity contribution in [2.45, 2.75) is 76.8 Å². The maximum Gasteiger partial charge on any atom is 0.250 e. The third-order valence-electron chi connectivity index (χ3n) is 12.3. The summed E-state index contributed by atoms with van der Waals surface area (Å²) in [4.78, 5) is 46.8. The molecule has 332 valence electrons. The number of amides is 3. The van der Waals surface area contributed by atoms with E-state index in [2.05, 4.69) is 15.1 Å². The van der Waals surface area contributed by atoms with Gasteiger partial charge in [-0.05, 0) is 134 Å². The molecule has 4 saturated heterocycles. The van der Waals surface area contributed by atoms with Gasteiger partial charge in [-0.2, -0.15) is 0 Å².